The van der Waals surface area contributed by atoms with Crippen LogP contribution in [0, 0.1) is 6.92 Å². The number of aliphatic hydroxyl groups excluding tert-OH is 1. The largest absolute Gasteiger partial charge is 0.393 e. The highest BCUT2D eigenvalue weighted by Crippen LogP contribution is 2.27. The molecule has 0 aromatic carbocycles. The smallest absolute Gasteiger partial charge is 0.0518 e. The Hall–Kier alpha value is -0.380. The van der Waals surface area contributed by atoms with Gasteiger partial charge in [0.15, 0.2) is 0 Å². The molecular weight excluding hydrogens is 182 g/mol. The molecule has 0 aliphatic rings. The third-order valence-corrected chi connectivity index (χ3v) is 3.24. The zero-order valence-corrected chi connectivity index (χ0v) is 8.97. The van der Waals surface area contributed by atoms with Crippen molar-refractivity contribution in [2.45, 2.75) is 32.3 Å². The van der Waals surface area contributed by atoms with Crippen molar-refractivity contribution in [3.05, 3.63) is 21.9 Å². The fourth-order valence-corrected chi connectivity index (χ4v) is 2.42. The summed E-state index contributed by atoms with van der Waals surface area (Å²) in [5, 5.41) is 9.27. The van der Waals surface area contributed by atoms with Gasteiger partial charge in [-0.3, -0.25) is 0 Å². The van der Waals surface area contributed by atoms with Crippen LogP contribution in [0.4, 0.5) is 0 Å². The summed E-state index contributed by atoms with van der Waals surface area (Å²) >= 11 is 1.77. The minimum atomic E-state index is -0.268. The lowest BCUT2D eigenvalue weighted by atomic mass is 10.0. The second-order valence-corrected chi connectivity index (χ2v) is 4.79. The van der Waals surface area contributed by atoms with E-state index in [1.54, 1.807) is 11.3 Å². The number of hydrogen-bond donors (Lipinski definition) is 2. The molecule has 2 atom stereocenters. The zero-order valence-electron chi connectivity index (χ0n) is 8.16. The Morgan fingerprint density at radius 2 is 2.23 bits per heavy atom. The van der Waals surface area contributed by atoms with Gasteiger partial charge in [0, 0.05) is 22.2 Å². The second-order valence-electron chi connectivity index (χ2n) is 3.47. The first kappa shape index (κ1) is 10.7. The lowest BCUT2D eigenvalue weighted by molar-refractivity contribution is 0.175. The highest BCUT2D eigenvalue weighted by Gasteiger charge is 2.13. The van der Waals surface area contributed by atoms with Gasteiger partial charge in [-0.15, -0.1) is 11.3 Å². The van der Waals surface area contributed by atoms with Gasteiger partial charge in [0.1, 0.15) is 0 Å². The van der Waals surface area contributed by atoms with Crippen molar-refractivity contribution >= 4 is 11.3 Å². The number of aryl methyl sites for hydroxylation is 1. The highest BCUT2D eigenvalue weighted by atomic mass is 32.1. The minimum Gasteiger partial charge on any atom is -0.393 e. The molecule has 0 saturated carbocycles. The van der Waals surface area contributed by atoms with Crippen LogP contribution in [-0.4, -0.2) is 17.8 Å². The van der Waals surface area contributed by atoms with Crippen molar-refractivity contribution in [3.63, 3.8) is 0 Å². The maximum atomic E-state index is 9.27. The summed E-state index contributed by atoms with van der Waals surface area (Å²) in [5.74, 6) is 0.318. The molecule has 0 bridgehead atoms. The summed E-state index contributed by atoms with van der Waals surface area (Å²) in [6.45, 7) is 4.51. The van der Waals surface area contributed by atoms with E-state index >= 15 is 0 Å². The van der Waals surface area contributed by atoms with Crippen molar-refractivity contribution in [1.82, 2.24) is 0 Å². The quantitative estimate of drug-likeness (QED) is 0.777. The third-order valence-electron chi connectivity index (χ3n) is 2.07. The molecule has 3 heteroatoms. The molecule has 74 valence electrons. The monoisotopic (exact) mass is 199 g/mol. The lowest BCUT2D eigenvalue weighted by Gasteiger charge is -2.14. The number of nitrogens with two attached hydrogens (primary N) is 1. The number of thiophene rings is 1. The van der Waals surface area contributed by atoms with Gasteiger partial charge in [0.05, 0.1) is 6.10 Å². The van der Waals surface area contributed by atoms with Crippen LogP contribution in [0.25, 0.3) is 0 Å². The second kappa shape index (κ2) is 4.74. The van der Waals surface area contributed by atoms with Gasteiger partial charge in [0.25, 0.3) is 0 Å². The van der Waals surface area contributed by atoms with Crippen LogP contribution in [-0.2, 0) is 0 Å². The normalized spacial score (nSPS) is 15.7. The third kappa shape index (κ3) is 3.10. The molecule has 1 heterocycles. The van der Waals surface area contributed by atoms with Crippen molar-refractivity contribution in [2.24, 2.45) is 5.73 Å². The molecule has 1 aromatic rings. The Bertz CT molecular complexity index is 257. The molecule has 1 aromatic heterocycles. The number of hydrogen-bond acceptors (Lipinski definition) is 3. The molecule has 0 fully saturated rings. The Morgan fingerprint density at radius 3 is 2.62 bits per heavy atom. The highest BCUT2D eigenvalue weighted by molar-refractivity contribution is 7.12. The molecule has 0 aliphatic carbocycles. The SMILES string of the molecule is Cc1ccc(C(CN)CC(C)O)s1. The van der Waals surface area contributed by atoms with E-state index in [-0.39, 0.29) is 6.10 Å². The molecule has 13 heavy (non-hydrogen) atoms. The van der Waals surface area contributed by atoms with Crippen molar-refractivity contribution in [2.75, 3.05) is 6.54 Å². The van der Waals surface area contributed by atoms with Gasteiger partial charge in [-0.2, -0.15) is 0 Å². The number of aliphatic hydroxyl groups is 1. The van der Waals surface area contributed by atoms with Crippen LogP contribution < -0.4 is 5.73 Å². The first-order valence-electron chi connectivity index (χ1n) is 4.58. The fourth-order valence-electron chi connectivity index (χ4n) is 1.41. The van der Waals surface area contributed by atoms with E-state index in [0.717, 1.165) is 6.42 Å². The van der Waals surface area contributed by atoms with E-state index in [2.05, 4.69) is 19.1 Å². The molecule has 2 nitrogen and oxygen atoms in total. The predicted molar refractivity (Wildman–Crippen MR) is 57.1 cm³/mol. The van der Waals surface area contributed by atoms with Crippen molar-refractivity contribution in [1.29, 1.82) is 0 Å². The summed E-state index contributed by atoms with van der Waals surface area (Å²) in [7, 11) is 0. The van der Waals surface area contributed by atoms with E-state index in [4.69, 9.17) is 5.73 Å². The van der Waals surface area contributed by atoms with Gasteiger partial charge in [-0.1, -0.05) is 0 Å². The van der Waals surface area contributed by atoms with E-state index in [1.165, 1.54) is 9.75 Å². The Labute approximate surface area is 83.4 Å². The maximum absolute atomic E-state index is 9.27. The molecule has 2 unspecified atom stereocenters. The zero-order chi connectivity index (χ0) is 9.84. The minimum absolute atomic E-state index is 0.268. The van der Waals surface area contributed by atoms with Gasteiger partial charge >= 0.3 is 0 Å². The van der Waals surface area contributed by atoms with E-state index in [9.17, 15) is 5.11 Å². The van der Waals surface area contributed by atoms with E-state index in [0.29, 0.717) is 12.5 Å². The summed E-state index contributed by atoms with van der Waals surface area (Å²) in [6, 6.07) is 4.21. The van der Waals surface area contributed by atoms with Gasteiger partial charge in [-0.25, -0.2) is 0 Å². The molecule has 1 rings (SSSR count). The lowest BCUT2D eigenvalue weighted by Crippen LogP contribution is -2.16. The van der Waals surface area contributed by atoms with Crippen LogP contribution in [0.15, 0.2) is 12.1 Å². The van der Waals surface area contributed by atoms with Crippen LogP contribution in [0.2, 0.25) is 0 Å². The number of rotatable bonds is 4. The molecule has 0 amide bonds. The molecule has 0 spiro atoms. The van der Waals surface area contributed by atoms with Gasteiger partial charge < -0.3 is 10.8 Å². The Balaban J connectivity index is 2.66. The summed E-state index contributed by atoms with van der Waals surface area (Å²) < 4.78 is 0. The van der Waals surface area contributed by atoms with Gasteiger partial charge in [0.2, 0.25) is 0 Å². The first-order chi connectivity index (χ1) is 6.13. The summed E-state index contributed by atoms with van der Waals surface area (Å²) in [5.41, 5.74) is 5.66. The maximum Gasteiger partial charge on any atom is 0.0518 e. The van der Waals surface area contributed by atoms with Gasteiger partial charge in [-0.05, 0) is 32.4 Å². The Morgan fingerprint density at radius 1 is 1.54 bits per heavy atom. The van der Waals surface area contributed by atoms with E-state index < -0.39 is 0 Å². The van der Waals surface area contributed by atoms with Crippen LogP contribution in [0.5, 0.6) is 0 Å². The molecule has 0 aliphatic heterocycles. The fraction of sp³-hybridized carbons (Fsp3) is 0.600. The van der Waals surface area contributed by atoms with Crippen LogP contribution in [0.3, 0.4) is 0 Å². The average Bonchev–Trinajstić information content (AvgIpc) is 2.47. The molecular formula is C10H17NOS. The standard InChI is InChI=1S/C10H17NOS/c1-7(12)5-9(6-11)10-4-3-8(2)13-10/h3-4,7,9,12H,5-6,11H2,1-2H3. The topological polar surface area (TPSA) is 46.2 Å². The van der Waals surface area contributed by atoms with Crippen molar-refractivity contribution < 1.29 is 5.11 Å². The first-order valence-corrected chi connectivity index (χ1v) is 5.39. The summed E-state index contributed by atoms with van der Waals surface area (Å²) in [6.07, 6.45) is 0.493. The molecule has 0 saturated heterocycles. The molecule has 3 N–H and O–H groups in total. The summed E-state index contributed by atoms with van der Waals surface area (Å²) in [4.78, 5) is 2.60. The average molecular weight is 199 g/mol. The molecule has 0 radical (unpaired) electrons. The van der Waals surface area contributed by atoms with Crippen LogP contribution >= 0.6 is 11.3 Å². The van der Waals surface area contributed by atoms with Crippen LogP contribution in [0.1, 0.15) is 29.0 Å². The predicted octanol–water partition coefficient (Wildman–Crippen LogP) is 1.87. The van der Waals surface area contributed by atoms with E-state index in [1.807, 2.05) is 6.92 Å². The Kier molecular flexibility index (Phi) is 3.90. The van der Waals surface area contributed by atoms with Crippen molar-refractivity contribution in [3.8, 4) is 0 Å².